The minimum absolute atomic E-state index is 0.265. The van der Waals surface area contributed by atoms with E-state index in [4.69, 9.17) is 0 Å². The summed E-state index contributed by atoms with van der Waals surface area (Å²) in [5, 5.41) is 5.55. The first-order chi connectivity index (χ1) is 12.4. The predicted molar refractivity (Wildman–Crippen MR) is 105 cm³/mol. The van der Waals surface area contributed by atoms with Crippen LogP contribution in [0.1, 0.15) is 29.3 Å². The lowest BCUT2D eigenvalue weighted by molar-refractivity contribution is -0.124. The van der Waals surface area contributed by atoms with Crippen molar-refractivity contribution in [3.05, 3.63) is 63.1 Å². The summed E-state index contributed by atoms with van der Waals surface area (Å²) in [6.45, 7) is 4.31. The molecule has 0 atom stereocenters. The molecule has 26 heavy (non-hydrogen) atoms. The third-order valence-corrected chi connectivity index (χ3v) is 4.30. The molecule has 0 saturated carbocycles. The molecule has 1 amide bonds. The lowest BCUT2D eigenvalue weighted by Crippen LogP contribution is -2.26. The Labute approximate surface area is 160 Å². The number of aliphatic imine (C=N–C) groups is 1. The number of rotatable bonds is 6. The van der Waals surface area contributed by atoms with E-state index in [0.29, 0.717) is 10.0 Å². The van der Waals surface area contributed by atoms with Crippen molar-refractivity contribution in [3.8, 4) is 0 Å². The molecule has 7 heteroatoms. The number of aryl methyl sites for hydroxylation is 2. The number of hydrogen-bond acceptors (Lipinski definition) is 4. The highest BCUT2D eigenvalue weighted by molar-refractivity contribution is 9.10. The summed E-state index contributed by atoms with van der Waals surface area (Å²) in [4.78, 5) is 20.5. The predicted octanol–water partition coefficient (Wildman–Crippen LogP) is 3.92. The van der Waals surface area contributed by atoms with Crippen LogP contribution in [-0.4, -0.2) is 35.4 Å². The van der Waals surface area contributed by atoms with Crippen molar-refractivity contribution in [3.63, 3.8) is 0 Å². The molecule has 0 fully saturated rings. The molecule has 0 aliphatic rings. The summed E-state index contributed by atoms with van der Waals surface area (Å²) in [7, 11) is 1.53. The maximum atomic E-state index is 13.3. The molecule has 1 aromatic carbocycles. The quantitative estimate of drug-likeness (QED) is 0.527. The number of carbonyl (C=O) groups is 1. The largest absolute Gasteiger partial charge is 0.291 e. The van der Waals surface area contributed by atoms with Gasteiger partial charge >= 0.3 is 0 Å². The molecular weight excluding hydrogens is 399 g/mol. The smallest absolute Gasteiger partial charge is 0.284 e. The maximum absolute atomic E-state index is 13.3. The summed E-state index contributed by atoms with van der Waals surface area (Å²) in [5.41, 5.74) is 3.64. The van der Waals surface area contributed by atoms with Crippen LogP contribution in [0.25, 0.3) is 0 Å². The van der Waals surface area contributed by atoms with Crippen molar-refractivity contribution in [2.24, 2.45) is 10.1 Å². The van der Waals surface area contributed by atoms with Gasteiger partial charge in [-0.15, -0.1) is 0 Å². The number of benzene rings is 1. The monoisotopic (exact) mass is 418 g/mol. The van der Waals surface area contributed by atoms with E-state index in [1.807, 2.05) is 19.9 Å². The first-order valence-corrected chi connectivity index (χ1v) is 8.91. The highest BCUT2D eigenvalue weighted by Crippen LogP contribution is 2.16. The van der Waals surface area contributed by atoms with E-state index in [1.54, 1.807) is 18.3 Å². The van der Waals surface area contributed by atoms with Gasteiger partial charge in [0.05, 0.1) is 23.4 Å². The van der Waals surface area contributed by atoms with Crippen LogP contribution in [0.15, 0.2) is 45.0 Å². The second-order valence-electron chi connectivity index (χ2n) is 5.66. The number of carbonyl (C=O) groups excluding carboxylic acids is 1. The number of nitrogens with zero attached hydrogens (tertiary/aromatic N) is 4. The first-order valence-electron chi connectivity index (χ1n) is 8.11. The van der Waals surface area contributed by atoms with Crippen LogP contribution in [0, 0.1) is 12.7 Å². The van der Waals surface area contributed by atoms with Crippen molar-refractivity contribution in [2.75, 3.05) is 7.05 Å². The summed E-state index contributed by atoms with van der Waals surface area (Å²) in [5.74, 6) is -0.701. The lowest BCUT2D eigenvalue weighted by atomic mass is 10.1. The molecule has 0 bridgehead atoms. The Bertz CT molecular complexity index is 851. The Kier molecular flexibility index (Phi) is 7.15. The minimum Gasteiger partial charge on any atom is -0.291 e. The van der Waals surface area contributed by atoms with Crippen LogP contribution < -0.4 is 0 Å². The molecule has 136 valence electrons. The normalized spacial score (nSPS) is 11.4. The van der Waals surface area contributed by atoms with Gasteiger partial charge < -0.3 is 0 Å². The lowest BCUT2D eigenvalue weighted by Gasteiger charge is -2.16. The third kappa shape index (κ3) is 5.29. The standard InChI is InChI=1S/C19H20BrFN4O/c1-4-18-13(2)7-15(9-23-18)12-25(19(26)11-22-3)24-10-14-5-6-17(21)16(20)8-14/h5-11H,4,12H2,1-3H3/b22-11?,24-10+. The van der Waals surface area contributed by atoms with Crippen molar-refractivity contribution in [1.82, 2.24) is 9.99 Å². The van der Waals surface area contributed by atoms with Crippen molar-refractivity contribution in [2.45, 2.75) is 26.8 Å². The molecule has 0 unspecified atom stereocenters. The van der Waals surface area contributed by atoms with Gasteiger partial charge in [0.15, 0.2) is 0 Å². The van der Waals surface area contributed by atoms with Crippen LogP contribution in [-0.2, 0) is 17.8 Å². The number of hydrazone groups is 1. The molecule has 5 nitrogen and oxygen atoms in total. The fourth-order valence-electron chi connectivity index (χ4n) is 2.37. The summed E-state index contributed by atoms with van der Waals surface area (Å²) in [6.07, 6.45) is 5.32. The SMILES string of the molecule is CCc1ncc(CN(/N=C/c2ccc(F)c(Br)c2)C(=O)C=NC)cc1C. The average molecular weight is 419 g/mol. The Hall–Kier alpha value is -2.41. The average Bonchev–Trinajstić information content (AvgIpc) is 2.61. The van der Waals surface area contributed by atoms with E-state index in [-0.39, 0.29) is 18.3 Å². The van der Waals surface area contributed by atoms with Crippen LogP contribution in [0.3, 0.4) is 0 Å². The Balaban J connectivity index is 2.25. The van der Waals surface area contributed by atoms with Crippen LogP contribution in [0.4, 0.5) is 4.39 Å². The number of pyridine rings is 1. The van der Waals surface area contributed by atoms with Gasteiger partial charge in [-0.05, 0) is 58.1 Å². The summed E-state index contributed by atoms with van der Waals surface area (Å²) < 4.78 is 13.7. The molecule has 0 aliphatic carbocycles. The van der Waals surface area contributed by atoms with Crippen molar-refractivity contribution < 1.29 is 9.18 Å². The van der Waals surface area contributed by atoms with Gasteiger partial charge in [-0.25, -0.2) is 9.40 Å². The fourth-order valence-corrected chi connectivity index (χ4v) is 2.77. The molecule has 1 aromatic heterocycles. The van der Waals surface area contributed by atoms with E-state index < -0.39 is 0 Å². The van der Waals surface area contributed by atoms with Crippen molar-refractivity contribution >= 4 is 34.3 Å². The fraction of sp³-hybridized carbons (Fsp3) is 0.263. The van der Waals surface area contributed by atoms with Gasteiger partial charge in [0.25, 0.3) is 5.91 Å². The van der Waals surface area contributed by atoms with Gasteiger partial charge in [0, 0.05) is 18.9 Å². The maximum Gasteiger partial charge on any atom is 0.284 e. The molecule has 2 aromatic rings. The first kappa shape index (κ1) is 19.9. The zero-order valence-corrected chi connectivity index (χ0v) is 16.5. The number of hydrogen-bond donors (Lipinski definition) is 0. The zero-order chi connectivity index (χ0) is 19.1. The van der Waals surface area contributed by atoms with E-state index in [0.717, 1.165) is 23.2 Å². The number of halogens is 2. The van der Waals surface area contributed by atoms with Gasteiger partial charge in [-0.2, -0.15) is 5.10 Å². The molecule has 0 aliphatic heterocycles. The molecular formula is C19H20BrFN4O. The van der Waals surface area contributed by atoms with Gasteiger partial charge in [-0.3, -0.25) is 14.8 Å². The number of aromatic nitrogens is 1. The van der Waals surface area contributed by atoms with E-state index in [9.17, 15) is 9.18 Å². The Morgan fingerprint density at radius 1 is 1.38 bits per heavy atom. The summed E-state index contributed by atoms with van der Waals surface area (Å²) in [6, 6.07) is 6.51. The number of amides is 1. The Morgan fingerprint density at radius 2 is 2.15 bits per heavy atom. The van der Waals surface area contributed by atoms with Crippen LogP contribution in [0.2, 0.25) is 0 Å². The van der Waals surface area contributed by atoms with Crippen LogP contribution in [0.5, 0.6) is 0 Å². The van der Waals surface area contributed by atoms with E-state index >= 15 is 0 Å². The van der Waals surface area contributed by atoms with Gasteiger partial charge in [0.2, 0.25) is 0 Å². The second kappa shape index (κ2) is 9.33. The zero-order valence-electron chi connectivity index (χ0n) is 14.9. The molecule has 1 heterocycles. The van der Waals surface area contributed by atoms with Crippen LogP contribution >= 0.6 is 15.9 Å². The highest BCUT2D eigenvalue weighted by atomic mass is 79.9. The topological polar surface area (TPSA) is 57.9 Å². The van der Waals surface area contributed by atoms with Crippen molar-refractivity contribution in [1.29, 1.82) is 0 Å². The van der Waals surface area contributed by atoms with Gasteiger partial charge in [-0.1, -0.05) is 19.1 Å². The van der Waals surface area contributed by atoms with E-state index in [1.165, 1.54) is 30.6 Å². The molecule has 0 radical (unpaired) electrons. The highest BCUT2D eigenvalue weighted by Gasteiger charge is 2.12. The Morgan fingerprint density at radius 3 is 2.77 bits per heavy atom. The second-order valence-corrected chi connectivity index (χ2v) is 6.52. The molecule has 2 rings (SSSR count). The minimum atomic E-state index is -0.356. The molecule has 0 saturated heterocycles. The summed E-state index contributed by atoms with van der Waals surface area (Å²) >= 11 is 3.14. The molecule has 0 N–H and O–H groups in total. The third-order valence-electron chi connectivity index (χ3n) is 3.69. The molecule has 0 spiro atoms. The van der Waals surface area contributed by atoms with Gasteiger partial charge in [0.1, 0.15) is 5.82 Å². The van der Waals surface area contributed by atoms with E-state index in [2.05, 4.69) is 31.0 Å².